The lowest BCUT2D eigenvalue weighted by Crippen LogP contribution is -2.46. The van der Waals surface area contributed by atoms with Gasteiger partial charge in [-0.05, 0) is 149 Å². The van der Waals surface area contributed by atoms with Gasteiger partial charge in [0.25, 0.3) is 0 Å². The van der Waals surface area contributed by atoms with Crippen molar-refractivity contribution in [2.45, 2.75) is 38.8 Å². The van der Waals surface area contributed by atoms with Crippen LogP contribution in [0.1, 0.15) is 44.4 Å². The van der Waals surface area contributed by atoms with E-state index in [-0.39, 0.29) is 0 Å². The zero-order chi connectivity index (χ0) is 65.7. The third-order valence-electron chi connectivity index (χ3n) is 22.0. The quantitative estimate of drug-likeness (QED) is 0.160. The average molecular weight is 1270 g/mol. The van der Waals surface area contributed by atoms with Crippen LogP contribution in [0.3, 0.4) is 0 Å². The van der Waals surface area contributed by atoms with E-state index in [9.17, 15) is 5.26 Å². The summed E-state index contributed by atoms with van der Waals surface area (Å²) >= 11 is 0. The first kappa shape index (κ1) is 55.5. The van der Waals surface area contributed by atoms with E-state index in [0.717, 1.165) is 176 Å². The number of rotatable bonds is 7. The van der Waals surface area contributed by atoms with Gasteiger partial charge in [0.15, 0.2) is 0 Å². The van der Waals surface area contributed by atoms with Gasteiger partial charge in [-0.25, -0.2) is 0 Å². The molecule has 20 aromatic rings. The Kier molecular flexibility index (Phi) is 11.3. The second-order valence-corrected chi connectivity index (χ2v) is 27.9. The molecule has 0 aliphatic carbocycles. The molecule has 0 saturated heterocycles. The van der Waals surface area contributed by atoms with Gasteiger partial charge in [0.1, 0.15) is 11.6 Å². The van der Waals surface area contributed by atoms with Crippen LogP contribution in [0.15, 0.2) is 303 Å². The van der Waals surface area contributed by atoms with E-state index >= 15 is 0 Å². The van der Waals surface area contributed by atoms with Gasteiger partial charge >= 0.3 is 0 Å². The number of nitriles is 1. The number of benzene rings is 14. The van der Waals surface area contributed by atoms with E-state index in [1.54, 1.807) is 0 Å². The van der Waals surface area contributed by atoms with Crippen molar-refractivity contribution in [3.63, 3.8) is 0 Å². The van der Waals surface area contributed by atoms with Crippen LogP contribution < -0.4 is 4.90 Å². The second kappa shape index (κ2) is 20.1. The molecule has 0 amide bonds. The van der Waals surface area contributed by atoms with Gasteiger partial charge in [0.2, 0.25) is 0 Å². The molecule has 0 N–H and O–H groups in total. The largest absolute Gasteiger partial charge is 0.353 e. The smallest absolute Gasteiger partial charge is 0.104 e. The van der Waals surface area contributed by atoms with E-state index in [2.05, 4.69) is 369 Å². The maximum Gasteiger partial charge on any atom is 0.104 e. The fourth-order valence-electron chi connectivity index (χ4n) is 18.4. The first-order valence-electron chi connectivity index (χ1n) is 34.2. The summed E-state index contributed by atoms with van der Waals surface area (Å²) in [5.41, 5.74) is 21.2. The molecule has 21 rings (SSSR count). The van der Waals surface area contributed by atoms with Crippen LogP contribution in [0.2, 0.25) is 0 Å². The number of anilines is 1. The van der Waals surface area contributed by atoms with E-state index in [4.69, 9.17) is 0 Å². The van der Waals surface area contributed by atoms with E-state index in [1.165, 1.54) is 5.39 Å². The van der Waals surface area contributed by atoms with Crippen LogP contribution in [-0.4, -0.2) is 27.4 Å². The van der Waals surface area contributed by atoms with Gasteiger partial charge in [-0.15, -0.1) is 0 Å². The number of fused-ring (bicyclic) bond motifs is 19. The number of hydrogen-bond acceptors (Lipinski definition) is 2. The summed E-state index contributed by atoms with van der Waals surface area (Å²) in [5, 5.41) is 27.0. The Morgan fingerprint density at radius 1 is 0.222 bits per heavy atom. The van der Waals surface area contributed by atoms with E-state index in [1.807, 2.05) is 0 Å². The van der Waals surface area contributed by atoms with Gasteiger partial charge in [-0.2, -0.15) is 5.26 Å². The third kappa shape index (κ3) is 7.35. The molecule has 0 saturated carbocycles. The summed E-state index contributed by atoms with van der Waals surface area (Å²) in [4.78, 5) is 2.65. The van der Waals surface area contributed by atoms with Crippen molar-refractivity contribution in [3.8, 4) is 40.2 Å². The van der Waals surface area contributed by atoms with Crippen LogP contribution in [0.4, 0.5) is 5.69 Å². The van der Waals surface area contributed by atoms with Crippen LogP contribution in [0.5, 0.6) is 0 Å². The van der Waals surface area contributed by atoms with Crippen molar-refractivity contribution in [2.75, 3.05) is 4.90 Å². The molecular weight excluding hydrogens is 1210 g/mol. The van der Waals surface area contributed by atoms with Crippen molar-refractivity contribution >= 4 is 137 Å². The topological polar surface area (TPSA) is 56.6 Å². The van der Waals surface area contributed by atoms with Crippen molar-refractivity contribution in [1.29, 1.82) is 5.26 Å². The summed E-state index contributed by atoms with van der Waals surface area (Å²) in [6.07, 6.45) is 0. The van der Waals surface area contributed by atoms with Crippen molar-refractivity contribution in [2.24, 2.45) is 0 Å². The first-order chi connectivity index (χ1) is 48.7. The predicted molar refractivity (Wildman–Crippen MR) is 412 cm³/mol. The summed E-state index contributed by atoms with van der Waals surface area (Å²) in [6.45, 7) is 9.65. The van der Waals surface area contributed by atoms with E-state index < -0.39 is 11.1 Å². The average Bonchev–Trinajstić information content (AvgIpc) is 1.51. The van der Waals surface area contributed by atoms with Gasteiger partial charge in [-0.3, -0.25) is 0 Å². The third-order valence-corrected chi connectivity index (χ3v) is 22.0. The summed E-state index contributed by atoms with van der Waals surface area (Å²) in [7, 11) is 0. The number of hydrogen-bond donors (Lipinski definition) is 0. The molecule has 1 aliphatic rings. The van der Waals surface area contributed by atoms with Crippen LogP contribution in [0, 0.1) is 11.3 Å². The maximum absolute atomic E-state index is 13.5. The standard InChI is InChI=1S/C91H62N8/c1-90(2)85-86(91(3,4)99(90)59-35-15-8-16-36-59)89(98-78-48-28-22-42-65(78)71-51-81-68(54-84(71)98)62-39-19-25-45-75(62)95(81)58-33-13-7-14-34-58)88(97-77-47-27-21-41-64(77)70-50-80-67(53-83(70)97)61-38-18-24-44-74(61)94(80)57-31-11-6-12-32-57)72(55-92)87(85)96-76-46-26-20-40-63(76)69-49-79-66(52-82(69)96)60-37-17-23-43-73(60)93(79)56-29-9-5-10-30-56/h5-54H,1-4H3. The Morgan fingerprint density at radius 3 is 0.737 bits per heavy atom. The molecule has 7 heterocycles. The second-order valence-electron chi connectivity index (χ2n) is 27.9. The molecule has 0 radical (unpaired) electrons. The molecular formula is C91H62N8. The molecule has 0 unspecified atom stereocenters. The Balaban J connectivity index is 1.01. The highest BCUT2D eigenvalue weighted by Gasteiger charge is 2.54. The van der Waals surface area contributed by atoms with Crippen LogP contribution in [0.25, 0.3) is 165 Å². The van der Waals surface area contributed by atoms with E-state index in [0.29, 0.717) is 5.56 Å². The molecule has 0 fully saturated rings. The minimum atomic E-state index is -0.777. The molecule has 99 heavy (non-hydrogen) atoms. The summed E-state index contributed by atoms with van der Waals surface area (Å²) < 4.78 is 14.9. The molecule has 0 atom stereocenters. The van der Waals surface area contributed by atoms with Gasteiger partial charge < -0.3 is 32.3 Å². The van der Waals surface area contributed by atoms with Gasteiger partial charge in [0, 0.05) is 98.5 Å². The number of nitrogens with zero attached hydrogens (tertiary/aromatic N) is 8. The van der Waals surface area contributed by atoms with Crippen LogP contribution in [-0.2, 0) is 11.1 Å². The van der Waals surface area contributed by atoms with Crippen molar-refractivity contribution in [3.05, 3.63) is 320 Å². The molecule has 14 aromatic carbocycles. The molecule has 8 nitrogen and oxygen atoms in total. The maximum atomic E-state index is 13.5. The zero-order valence-electron chi connectivity index (χ0n) is 54.9. The predicted octanol–water partition coefficient (Wildman–Crippen LogP) is 23.1. The minimum Gasteiger partial charge on any atom is -0.353 e. The number of aromatic nitrogens is 6. The normalized spacial score (nSPS) is 13.8. The van der Waals surface area contributed by atoms with Crippen molar-refractivity contribution in [1.82, 2.24) is 27.4 Å². The first-order valence-corrected chi connectivity index (χ1v) is 34.2. The fourth-order valence-corrected chi connectivity index (χ4v) is 18.4. The summed E-state index contributed by atoms with van der Waals surface area (Å²) in [5.74, 6) is 0. The van der Waals surface area contributed by atoms with Gasteiger partial charge in [0.05, 0.1) is 94.3 Å². The highest BCUT2D eigenvalue weighted by molar-refractivity contribution is 6.23. The molecule has 1 aliphatic heterocycles. The molecule has 466 valence electrons. The lowest BCUT2D eigenvalue weighted by Gasteiger charge is -2.43. The Morgan fingerprint density at radius 2 is 0.444 bits per heavy atom. The SMILES string of the molecule is CC1(C)c2c(-n3c4ccccc4c4cc5c(cc43)c3ccccc3n5-c3ccccc3)c(C#N)c(-n3c4ccccc4c4cc5c(cc43)c3ccccc3n5-c3ccccc3)c(-n3c4ccccc4c4cc5c(cc43)c3ccccc3n5-c3ccccc3)c2C(C)(C)N1c1ccccc1. The molecule has 6 aromatic heterocycles. The molecule has 0 bridgehead atoms. The van der Waals surface area contributed by atoms with Crippen molar-refractivity contribution < 1.29 is 0 Å². The molecule has 8 heteroatoms. The number of para-hydroxylation sites is 10. The minimum absolute atomic E-state index is 0.569. The monoisotopic (exact) mass is 1270 g/mol. The Labute approximate surface area is 569 Å². The molecule has 0 spiro atoms. The Hall–Kier alpha value is -12.8. The zero-order valence-corrected chi connectivity index (χ0v) is 54.9. The van der Waals surface area contributed by atoms with Crippen LogP contribution >= 0.6 is 0 Å². The highest BCUT2D eigenvalue weighted by atomic mass is 15.3. The fraction of sp³-hybridized carbons (Fsp3) is 0.0659. The lowest BCUT2D eigenvalue weighted by molar-refractivity contribution is 0.403. The highest BCUT2D eigenvalue weighted by Crippen LogP contribution is 2.60. The Bertz CT molecular complexity index is 6900. The van der Waals surface area contributed by atoms with Gasteiger partial charge in [-0.1, -0.05) is 182 Å². The lowest BCUT2D eigenvalue weighted by atomic mass is 9.84. The summed E-state index contributed by atoms with van der Waals surface area (Å²) in [6, 6.07) is 114.